The minimum absolute atomic E-state index is 1.04. The Balaban J connectivity index is 1.08. The Morgan fingerprint density at radius 2 is 0.788 bits per heavy atom. The molecule has 4 nitrogen and oxygen atoms in total. The fourth-order valence-corrected chi connectivity index (χ4v) is 9.85. The third kappa shape index (κ3) is 3.72. The molecule has 5 aromatic heterocycles. The second kappa shape index (κ2) is 10.4. The van der Waals surface area contributed by atoms with E-state index in [4.69, 9.17) is 4.98 Å². The molecule has 0 spiro atoms. The van der Waals surface area contributed by atoms with Gasteiger partial charge >= 0.3 is 0 Å². The number of hydrogen-bond donors (Lipinski definition) is 0. The summed E-state index contributed by atoms with van der Waals surface area (Å²) in [6.07, 6.45) is 1.97. The summed E-state index contributed by atoms with van der Waals surface area (Å²) < 4.78 is 9.65. The summed E-state index contributed by atoms with van der Waals surface area (Å²) in [7, 11) is 0. The highest BCUT2D eigenvalue weighted by atomic mass is 32.1. The fraction of sp³-hybridized carbons (Fsp3) is 0. The van der Waals surface area contributed by atoms with Crippen molar-refractivity contribution >= 4 is 97.1 Å². The summed E-state index contributed by atoms with van der Waals surface area (Å²) in [5.41, 5.74) is 11.7. The van der Waals surface area contributed by atoms with Gasteiger partial charge in [-0.2, -0.15) is 0 Å². The van der Waals surface area contributed by atoms with Crippen molar-refractivity contribution in [3.05, 3.63) is 170 Å². The molecular formula is C47H28N4S. The summed E-state index contributed by atoms with van der Waals surface area (Å²) in [4.78, 5) is 5.02. The molecule has 0 amide bonds. The van der Waals surface area contributed by atoms with Crippen LogP contribution >= 0.6 is 11.3 Å². The van der Waals surface area contributed by atoms with Crippen LogP contribution < -0.4 is 0 Å². The Labute approximate surface area is 301 Å². The molecule has 0 saturated carbocycles. The Hall–Kier alpha value is -6.69. The molecule has 242 valence electrons. The van der Waals surface area contributed by atoms with Crippen molar-refractivity contribution in [3.63, 3.8) is 0 Å². The molecule has 0 saturated heterocycles. The molecule has 5 heterocycles. The maximum atomic E-state index is 5.02. The monoisotopic (exact) mass is 680 g/mol. The predicted molar refractivity (Wildman–Crippen MR) is 220 cm³/mol. The second-order valence-electron chi connectivity index (χ2n) is 13.6. The Kier molecular flexibility index (Phi) is 5.62. The number of thiophene rings is 1. The zero-order valence-electron chi connectivity index (χ0n) is 27.9. The second-order valence-corrected chi connectivity index (χ2v) is 14.6. The molecule has 0 atom stereocenters. The summed E-state index contributed by atoms with van der Waals surface area (Å²) in [5, 5.41) is 8.71. The fourth-order valence-electron chi connectivity index (χ4n) is 8.71. The lowest BCUT2D eigenvalue weighted by molar-refractivity contribution is 1.17. The number of nitrogens with zero attached hydrogens (tertiary/aromatic N) is 4. The number of aromatic nitrogens is 4. The lowest BCUT2D eigenvalue weighted by Crippen LogP contribution is -1.96. The number of fused-ring (bicyclic) bond motifs is 12. The van der Waals surface area contributed by atoms with E-state index >= 15 is 0 Å². The first-order valence-corrected chi connectivity index (χ1v) is 18.5. The number of rotatable bonds is 3. The standard InChI is InChI=1S/C47H28N4S/c1-6-16-38-31(11-1)32-12-2-7-17-39(32)49(38)29-21-23-43-36(27-29)35-15-5-8-18-40(35)50(43)30-22-24-45-37(28-30)46-47(52-45)44(25-26-48-46)51-41-19-9-3-13-33(41)34-14-4-10-20-42(34)51/h1-28H. The number of benzene rings is 7. The highest BCUT2D eigenvalue weighted by Gasteiger charge is 2.19. The third-order valence-corrected chi connectivity index (χ3v) is 12.1. The van der Waals surface area contributed by atoms with Crippen molar-refractivity contribution in [3.8, 4) is 17.1 Å². The van der Waals surface area contributed by atoms with E-state index in [0.29, 0.717) is 0 Å². The molecular weight excluding hydrogens is 653 g/mol. The van der Waals surface area contributed by atoms with Gasteiger partial charge in [0.05, 0.1) is 49.0 Å². The quantitative estimate of drug-likeness (QED) is 0.182. The van der Waals surface area contributed by atoms with Crippen molar-refractivity contribution in [2.45, 2.75) is 0 Å². The van der Waals surface area contributed by atoms with Gasteiger partial charge < -0.3 is 13.7 Å². The van der Waals surface area contributed by atoms with Gasteiger partial charge in [0.2, 0.25) is 0 Å². The average Bonchev–Trinajstić information content (AvgIpc) is 3.94. The molecule has 12 aromatic rings. The van der Waals surface area contributed by atoms with Gasteiger partial charge in [-0.1, -0.05) is 91.0 Å². The number of para-hydroxylation sites is 5. The van der Waals surface area contributed by atoms with E-state index in [1.807, 2.05) is 17.5 Å². The first-order chi connectivity index (χ1) is 25.8. The summed E-state index contributed by atoms with van der Waals surface area (Å²) in [6.45, 7) is 0. The maximum Gasteiger partial charge on any atom is 0.0910 e. The molecule has 0 aliphatic rings. The van der Waals surface area contributed by atoms with Crippen LogP contribution in [0.25, 0.3) is 103 Å². The minimum Gasteiger partial charge on any atom is -0.309 e. The smallest absolute Gasteiger partial charge is 0.0910 e. The Bertz CT molecular complexity index is 3320. The Morgan fingerprint density at radius 1 is 0.365 bits per heavy atom. The summed E-state index contributed by atoms with van der Waals surface area (Å²) in [5.74, 6) is 0. The molecule has 0 fully saturated rings. The van der Waals surface area contributed by atoms with Crippen molar-refractivity contribution in [2.75, 3.05) is 0 Å². The van der Waals surface area contributed by atoms with E-state index in [9.17, 15) is 0 Å². The molecule has 0 aliphatic heterocycles. The first-order valence-electron chi connectivity index (χ1n) is 17.6. The lowest BCUT2D eigenvalue weighted by atomic mass is 10.1. The van der Waals surface area contributed by atoms with Crippen molar-refractivity contribution in [1.29, 1.82) is 0 Å². The van der Waals surface area contributed by atoms with Gasteiger partial charge in [-0.25, -0.2) is 0 Å². The zero-order valence-corrected chi connectivity index (χ0v) is 28.7. The number of hydrogen-bond acceptors (Lipinski definition) is 2. The highest BCUT2D eigenvalue weighted by Crippen LogP contribution is 2.42. The number of pyridine rings is 1. The minimum atomic E-state index is 1.04. The van der Waals surface area contributed by atoms with E-state index in [1.54, 1.807) is 0 Å². The normalized spacial score (nSPS) is 12.2. The van der Waals surface area contributed by atoms with Crippen LogP contribution in [0.5, 0.6) is 0 Å². The molecule has 5 heteroatoms. The average molecular weight is 681 g/mol. The van der Waals surface area contributed by atoms with Gasteiger partial charge in [-0.15, -0.1) is 11.3 Å². The van der Waals surface area contributed by atoms with E-state index in [0.717, 1.165) is 16.9 Å². The first kappa shape index (κ1) is 28.1. The van der Waals surface area contributed by atoms with Gasteiger partial charge in [-0.3, -0.25) is 4.98 Å². The molecule has 0 aliphatic carbocycles. The molecule has 0 unspecified atom stereocenters. The van der Waals surface area contributed by atoms with E-state index in [2.05, 4.69) is 177 Å². The van der Waals surface area contributed by atoms with Crippen LogP contribution in [-0.4, -0.2) is 18.7 Å². The summed E-state index contributed by atoms with van der Waals surface area (Å²) >= 11 is 1.82. The molecule has 52 heavy (non-hydrogen) atoms. The molecule has 0 N–H and O–H groups in total. The largest absolute Gasteiger partial charge is 0.309 e. The van der Waals surface area contributed by atoms with Crippen LogP contribution in [0, 0.1) is 0 Å². The van der Waals surface area contributed by atoms with Crippen molar-refractivity contribution in [2.24, 2.45) is 0 Å². The van der Waals surface area contributed by atoms with Crippen LogP contribution in [0.4, 0.5) is 0 Å². The SMILES string of the molecule is c1ccc2c(c1)c1ccccc1n2-c1ccc2c(c1)c1ccccc1n2-c1ccc2sc3c(-n4c5ccccc5c5ccccc54)ccnc3c2c1. The van der Waals surface area contributed by atoms with Gasteiger partial charge in [0.15, 0.2) is 0 Å². The third-order valence-electron chi connectivity index (χ3n) is 10.9. The van der Waals surface area contributed by atoms with Crippen LogP contribution in [0.15, 0.2) is 170 Å². The van der Waals surface area contributed by atoms with Crippen LogP contribution in [0.2, 0.25) is 0 Å². The molecule has 0 bridgehead atoms. The lowest BCUT2D eigenvalue weighted by Gasteiger charge is -2.10. The van der Waals surface area contributed by atoms with Crippen LogP contribution in [-0.2, 0) is 0 Å². The van der Waals surface area contributed by atoms with E-state index in [1.165, 1.54) is 85.9 Å². The van der Waals surface area contributed by atoms with E-state index in [-0.39, 0.29) is 0 Å². The Morgan fingerprint density at radius 3 is 1.33 bits per heavy atom. The zero-order chi connectivity index (χ0) is 33.9. The van der Waals surface area contributed by atoms with Crippen molar-refractivity contribution < 1.29 is 0 Å². The van der Waals surface area contributed by atoms with Gasteiger partial charge in [0, 0.05) is 60.0 Å². The topological polar surface area (TPSA) is 27.7 Å². The van der Waals surface area contributed by atoms with Gasteiger partial charge in [0.1, 0.15) is 0 Å². The molecule has 0 radical (unpaired) electrons. The predicted octanol–water partition coefficient (Wildman–Crippen LogP) is 12.7. The van der Waals surface area contributed by atoms with Gasteiger partial charge in [0.25, 0.3) is 0 Å². The molecule has 12 rings (SSSR count). The molecule has 7 aromatic carbocycles. The van der Waals surface area contributed by atoms with Crippen LogP contribution in [0.1, 0.15) is 0 Å². The van der Waals surface area contributed by atoms with E-state index < -0.39 is 0 Å². The highest BCUT2D eigenvalue weighted by molar-refractivity contribution is 7.26. The van der Waals surface area contributed by atoms with Crippen LogP contribution in [0.3, 0.4) is 0 Å². The van der Waals surface area contributed by atoms with Crippen molar-refractivity contribution in [1.82, 2.24) is 18.7 Å². The van der Waals surface area contributed by atoms with Gasteiger partial charge in [-0.05, 0) is 72.8 Å². The summed E-state index contributed by atoms with van der Waals surface area (Å²) in [6, 6.07) is 59.6. The maximum absolute atomic E-state index is 5.02.